The predicted octanol–water partition coefficient (Wildman–Crippen LogP) is 2.05. The average Bonchev–Trinajstić information content (AvgIpc) is 3.30. The molecule has 1 aromatic carbocycles. The lowest BCUT2D eigenvalue weighted by molar-refractivity contribution is 0.0428. The van der Waals surface area contributed by atoms with Crippen LogP contribution in [-0.2, 0) is 11.3 Å². The van der Waals surface area contributed by atoms with Crippen LogP contribution < -0.4 is 10.2 Å². The van der Waals surface area contributed by atoms with Gasteiger partial charge in [0.2, 0.25) is 5.95 Å². The van der Waals surface area contributed by atoms with Crippen LogP contribution in [0.25, 0.3) is 11.2 Å². The maximum Gasteiger partial charge on any atom is 0.320 e. The number of urea groups is 1. The molecule has 2 aliphatic heterocycles. The smallest absolute Gasteiger partial charge is 0.320 e. The monoisotopic (exact) mass is 462 g/mol. The van der Waals surface area contributed by atoms with Crippen molar-refractivity contribution in [3.63, 3.8) is 0 Å². The van der Waals surface area contributed by atoms with Crippen molar-refractivity contribution in [2.75, 3.05) is 69.2 Å². The Morgan fingerprint density at radius 1 is 1.03 bits per heavy atom. The Balaban J connectivity index is 1.36. The molecule has 0 bridgehead atoms. The van der Waals surface area contributed by atoms with Gasteiger partial charge in [-0.25, -0.2) is 9.78 Å². The van der Waals surface area contributed by atoms with Gasteiger partial charge < -0.3 is 29.3 Å². The van der Waals surface area contributed by atoms with E-state index in [9.17, 15) is 4.79 Å². The number of carbonyl (C=O) groups excluding carboxylic acids is 1. The zero-order chi connectivity index (χ0) is 23.3. The van der Waals surface area contributed by atoms with E-state index in [4.69, 9.17) is 14.7 Å². The SMILES string of the molecule is C=CCNc1nc(N2CCN(C(=O)N3CCOCC3)CC2)nc2c1ncn2Cc1ccccc1. The van der Waals surface area contributed by atoms with Gasteiger partial charge in [0, 0.05) is 45.8 Å². The summed E-state index contributed by atoms with van der Waals surface area (Å²) in [6.45, 7) is 10.2. The predicted molar refractivity (Wildman–Crippen MR) is 131 cm³/mol. The fourth-order valence-electron chi connectivity index (χ4n) is 4.31. The third-order valence-electron chi connectivity index (χ3n) is 6.18. The van der Waals surface area contributed by atoms with Crippen molar-refractivity contribution in [1.29, 1.82) is 0 Å². The molecule has 178 valence electrons. The van der Waals surface area contributed by atoms with Crippen LogP contribution in [0.3, 0.4) is 0 Å². The molecule has 2 amide bonds. The highest BCUT2D eigenvalue weighted by Crippen LogP contribution is 2.24. The summed E-state index contributed by atoms with van der Waals surface area (Å²) in [6.07, 6.45) is 3.61. The second-order valence-electron chi connectivity index (χ2n) is 8.43. The quantitative estimate of drug-likeness (QED) is 0.561. The first-order valence-corrected chi connectivity index (χ1v) is 11.7. The van der Waals surface area contributed by atoms with Gasteiger partial charge in [-0.15, -0.1) is 6.58 Å². The number of amides is 2. The molecule has 0 spiro atoms. The number of aromatic nitrogens is 4. The number of piperazine rings is 1. The second kappa shape index (κ2) is 10.1. The minimum absolute atomic E-state index is 0.0913. The molecule has 0 saturated carbocycles. The summed E-state index contributed by atoms with van der Waals surface area (Å²) in [6, 6.07) is 10.4. The largest absolute Gasteiger partial charge is 0.378 e. The van der Waals surface area contributed by atoms with Crippen molar-refractivity contribution in [3.05, 3.63) is 54.9 Å². The second-order valence-corrected chi connectivity index (χ2v) is 8.43. The molecule has 3 aromatic rings. The van der Waals surface area contributed by atoms with Gasteiger partial charge in [-0.1, -0.05) is 36.4 Å². The van der Waals surface area contributed by atoms with Gasteiger partial charge in [-0.05, 0) is 5.56 Å². The summed E-state index contributed by atoms with van der Waals surface area (Å²) in [5.74, 6) is 1.34. The molecule has 34 heavy (non-hydrogen) atoms. The average molecular weight is 463 g/mol. The highest BCUT2D eigenvalue weighted by Gasteiger charge is 2.28. The van der Waals surface area contributed by atoms with Gasteiger partial charge in [0.05, 0.1) is 26.1 Å². The summed E-state index contributed by atoms with van der Waals surface area (Å²) in [4.78, 5) is 33.1. The highest BCUT2D eigenvalue weighted by atomic mass is 16.5. The summed E-state index contributed by atoms with van der Waals surface area (Å²) < 4.78 is 7.42. The Labute approximate surface area is 198 Å². The third-order valence-corrected chi connectivity index (χ3v) is 6.18. The number of nitrogens with one attached hydrogen (secondary N) is 1. The Morgan fingerprint density at radius 3 is 2.50 bits per heavy atom. The first kappa shape index (κ1) is 22.1. The first-order valence-electron chi connectivity index (χ1n) is 11.7. The van der Waals surface area contributed by atoms with E-state index in [-0.39, 0.29) is 6.03 Å². The number of morpholine rings is 1. The Bertz CT molecular complexity index is 1130. The van der Waals surface area contributed by atoms with Gasteiger partial charge in [0.1, 0.15) is 0 Å². The summed E-state index contributed by atoms with van der Waals surface area (Å²) in [5, 5.41) is 3.31. The maximum absolute atomic E-state index is 12.8. The van der Waals surface area contributed by atoms with Crippen molar-refractivity contribution in [1.82, 2.24) is 29.3 Å². The minimum Gasteiger partial charge on any atom is -0.378 e. The van der Waals surface area contributed by atoms with Crippen molar-refractivity contribution in [3.8, 4) is 0 Å². The van der Waals surface area contributed by atoms with Crippen LogP contribution >= 0.6 is 0 Å². The van der Waals surface area contributed by atoms with Crippen LogP contribution in [0.4, 0.5) is 16.6 Å². The molecule has 0 unspecified atom stereocenters. The number of benzene rings is 1. The van der Waals surface area contributed by atoms with E-state index in [0.29, 0.717) is 77.3 Å². The number of rotatable bonds is 6. The molecule has 2 aliphatic rings. The van der Waals surface area contributed by atoms with Crippen LogP contribution in [0.15, 0.2) is 49.3 Å². The number of fused-ring (bicyclic) bond motifs is 1. The number of hydrogen-bond donors (Lipinski definition) is 1. The molecule has 10 heteroatoms. The van der Waals surface area contributed by atoms with Crippen molar-refractivity contribution < 1.29 is 9.53 Å². The normalized spacial score (nSPS) is 16.6. The number of nitrogens with zero attached hydrogens (tertiary/aromatic N) is 7. The van der Waals surface area contributed by atoms with E-state index in [0.717, 1.165) is 11.2 Å². The van der Waals surface area contributed by atoms with Crippen LogP contribution in [-0.4, -0.2) is 94.4 Å². The van der Waals surface area contributed by atoms with Gasteiger partial charge in [0.15, 0.2) is 17.0 Å². The fraction of sp³-hybridized carbons (Fsp3) is 0.417. The van der Waals surface area contributed by atoms with Crippen LogP contribution in [0, 0.1) is 0 Å². The first-order chi connectivity index (χ1) is 16.7. The Kier molecular flexibility index (Phi) is 6.57. The lowest BCUT2D eigenvalue weighted by Gasteiger charge is -2.38. The molecule has 10 nitrogen and oxygen atoms in total. The lowest BCUT2D eigenvalue weighted by Crippen LogP contribution is -2.55. The number of anilines is 2. The van der Waals surface area contributed by atoms with Crippen LogP contribution in [0.1, 0.15) is 5.56 Å². The van der Waals surface area contributed by atoms with Gasteiger partial charge in [0.25, 0.3) is 0 Å². The molecule has 4 heterocycles. The Hall–Kier alpha value is -3.66. The van der Waals surface area contributed by atoms with E-state index in [2.05, 4.69) is 33.9 Å². The fourth-order valence-corrected chi connectivity index (χ4v) is 4.31. The molecular weight excluding hydrogens is 432 g/mol. The molecule has 0 aliphatic carbocycles. The summed E-state index contributed by atoms with van der Waals surface area (Å²) in [5.41, 5.74) is 2.70. The number of ether oxygens (including phenoxy) is 1. The Morgan fingerprint density at radius 2 is 1.76 bits per heavy atom. The number of imidazole rings is 1. The van der Waals surface area contributed by atoms with Crippen molar-refractivity contribution >= 4 is 29.0 Å². The minimum atomic E-state index is 0.0913. The van der Waals surface area contributed by atoms with Crippen molar-refractivity contribution in [2.45, 2.75) is 6.54 Å². The van der Waals surface area contributed by atoms with E-state index in [1.807, 2.05) is 38.9 Å². The zero-order valence-corrected chi connectivity index (χ0v) is 19.3. The van der Waals surface area contributed by atoms with E-state index in [1.165, 1.54) is 5.56 Å². The highest BCUT2D eigenvalue weighted by molar-refractivity contribution is 5.84. The summed E-state index contributed by atoms with van der Waals surface area (Å²) >= 11 is 0. The maximum atomic E-state index is 12.8. The van der Waals surface area contributed by atoms with E-state index in [1.54, 1.807) is 6.08 Å². The third kappa shape index (κ3) is 4.67. The zero-order valence-electron chi connectivity index (χ0n) is 19.3. The number of carbonyl (C=O) groups is 1. The number of hydrogen-bond acceptors (Lipinski definition) is 7. The molecule has 1 N–H and O–H groups in total. The molecule has 2 aromatic heterocycles. The van der Waals surface area contributed by atoms with Crippen LogP contribution in [0.5, 0.6) is 0 Å². The molecule has 0 radical (unpaired) electrons. The molecule has 0 atom stereocenters. The van der Waals surface area contributed by atoms with Crippen molar-refractivity contribution in [2.24, 2.45) is 0 Å². The summed E-state index contributed by atoms with van der Waals surface area (Å²) in [7, 11) is 0. The standard InChI is InChI=1S/C24H30N8O2/c1-2-8-25-21-20-22(32(18-26-20)17-19-6-4-3-5-7-19)28-23(27-21)29-9-11-30(12-10-29)24(33)31-13-15-34-16-14-31/h2-7,18H,1,8-17H2,(H,25,27,28). The van der Waals surface area contributed by atoms with E-state index < -0.39 is 0 Å². The molecule has 5 rings (SSSR count). The molecular formula is C24H30N8O2. The van der Waals surface area contributed by atoms with Gasteiger partial charge >= 0.3 is 6.03 Å². The topological polar surface area (TPSA) is 91.7 Å². The molecule has 2 saturated heterocycles. The van der Waals surface area contributed by atoms with Gasteiger partial charge in [-0.3, -0.25) is 0 Å². The van der Waals surface area contributed by atoms with E-state index >= 15 is 0 Å². The lowest BCUT2D eigenvalue weighted by atomic mass is 10.2. The molecule has 2 fully saturated rings. The van der Waals surface area contributed by atoms with Crippen LogP contribution in [0.2, 0.25) is 0 Å². The van der Waals surface area contributed by atoms with Gasteiger partial charge in [-0.2, -0.15) is 9.97 Å².